The van der Waals surface area contributed by atoms with E-state index in [0.717, 1.165) is 4.62 Å². The molecule has 1 rings (SSSR count). The highest BCUT2D eigenvalue weighted by molar-refractivity contribution is 9.18. The summed E-state index contributed by atoms with van der Waals surface area (Å²) in [7, 11) is 0. The molecule has 0 atom stereocenters. The normalized spacial score (nSPS) is 15.5. The van der Waals surface area contributed by atoms with Gasteiger partial charge >= 0.3 is 0 Å². The maximum Gasteiger partial charge on any atom is 0.241 e. The lowest BCUT2D eigenvalue weighted by atomic mass is 10.4. The average molecular weight is 246 g/mol. The van der Waals surface area contributed by atoms with Gasteiger partial charge in [-0.25, -0.2) is 0 Å². The number of nitrogens with one attached hydrogen (secondary N) is 1. The first-order valence-electron chi connectivity index (χ1n) is 4.14. The Morgan fingerprint density at radius 3 is 3.23 bits per heavy atom. The molecule has 0 spiro atoms. The molecule has 5 heteroatoms. The third kappa shape index (κ3) is 3.59. The van der Waals surface area contributed by atoms with Gasteiger partial charge in [0.15, 0.2) is 0 Å². The van der Waals surface area contributed by atoms with Crippen molar-refractivity contribution < 1.29 is 4.79 Å². The first kappa shape index (κ1) is 10.2. The van der Waals surface area contributed by atoms with Gasteiger partial charge in [-0.1, -0.05) is 6.08 Å². The number of carbonyl (C=O) groups excluding carboxylic acids is 1. The van der Waals surface area contributed by atoms with Crippen molar-refractivity contribution in [2.45, 2.75) is 6.92 Å². The molecule has 0 aromatic heterocycles. The van der Waals surface area contributed by atoms with Gasteiger partial charge in [-0.3, -0.25) is 9.80 Å². The zero-order valence-electron chi connectivity index (χ0n) is 7.46. The summed E-state index contributed by atoms with van der Waals surface area (Å²) < 4.78 is 0.753. The van der Waals surface area contributed by atoms with Gasteiger partial charge in [0.1, 0.15) is 11.2 Å². The highest BCUT2D eigenvalue weighted by Gasteiger charge is 2.08. The fraction of sp³-hybridized carbons (Fsp3) is 0.500. The van der Waals surface area contributed by atoms with Crippen LogP contribution in [0.3, 0.4) is 0 Å². The predicted octanol–water partition coefficient (Wildman–Crippen LogP) is 0.703. The molecule has 0 saturated carbocycles. The number of hydrogen-bond acceptors (Lipinski definition) is 3. The van der Waals surface area contributed by atoms with Gasteiger partial charge in [0.05, 0.1) is 6.54 Å². The summed E-state index contributed by atoms with van der Waals surface area (Å²) in [6.07, 6.45) is 3.82. The van der Waals surface area contributed by atoms with E-state index in [1.54, 1.807) is 5.01 Å². The predicted molar refractivity (Wildman–Crippen MR) is 55.8 cm³/mol. The van der Waals surface area contributed by atoms with E-state index < -0.39 is 0 Å². The van der Waals surface area contributed by atoms with Crippen molar-refractivity contribution in [2.24, 2.45) is 5.10 Å². The molecule has 1 amide bonds. The molecule has 0 aromatic rings. The Bertz CT molecular complexity index is 250. The minimum Gasteiger partial charge on any atom is -0.355 e. The van der Waals surface area contributed by atoms with Crippen molar-refractivity contribution in [1.82, 2.24) is 10.3 Å². The zero-order valence-corrected chi connectivity index (χ0v) is 9.04. The third-order valence-electron chi connectivity index (χ3n) is 1.51. The molecule has 13 heavy (non-hydrogen) atoms. The molecule has 72 valence electrons. The standard InChI is InChI=1S/C8H12BrN3O/c1-2-10-8(13)6-12-5-3-4-7(9)11-12/h3-4H,2,5-6H2,1H3,(H,10,13). The number of carbonyl (C=O) groups is 1. The van der Waals surface area contributed by atoms with E-state index in [-0.39, 0.29) is 5.91 Å². The maximum absolute atomic E-state index is 11.2. The van der Waals surface area contributed by atoms with Crippen molar-refractivity contribution in [3.05, 3.63) is 12.2 Å². The number of rotatable bonds is 3. The Balaban J connectivity index is 2.38. The molecule has 1 N–H and O–H groups in total. The number of allylic oxidation sites excluding steroid dienone is 1. The topological polar surface area (TPSA) is 44.7 Å². The number of halogens is 1. The fourth-order valence-corrected chi connectivity index (χ4v) is 1.41. The Hall–Kier alpha value is -0.840. The second kappa shape index (κ2) is 5.01. The second-order valence-corrected chi connectivity index (χ2v) is 3.44. The summed E-state index contributed by atoms with van der Waals surface area (Å²) in [6, 6.07) is 0. The molecule has 1 heterocycles. The molecule has 0 fully saturated rings. The SMILES string of the molecule is CCNC(=O)CN1CC=CC(Br)=N1. The lowest BCUT2D eigenvalue weighted by molar-refractivity contribution is -0.122. The minimum atomic E-state index is 0.00171. The first-order chi connectivity index (χ1) is 6.22. The lowest BCUT2D eigenvalue weighted by Crippen LogP contribution is -2.35. The van der Waals surface area contributed by atoms with Crippen LogP contribution in [-0.4, -0.2) is 35.2 Å². The van der Waals surface area contributed by atoms with E-state index in [1.807, 2.05) is 19.1 Å². The second-order valence-electron chi connectivity index (χ2n) is 2.63. The fourth-order valence-electron chi connectivity index (χ4n) is 1.000. The summed E-state index contributed by atoms with van der Waals surface area (Å²) in [4.78, 5) is 11.2. The molecule has 0 radical (unpaired) electrons. The molecule has 4 nitrogen and oxygen atoms in total. The molecular weight excluding hydrogens is 234 g/mol. The van der Waals surface area contributed by atoms with Gasteiger partial charge in [0.25, 0.3) is 0 Å². The molecule has 0 aromatic carbocycles. The van der Waals surface area contributed by atoms with Crippen molar-refractivity contribution in [3.63, 3.8) is 0 Å². The number of hydrazone groups is 1. The lowest BCUT2D eigenvalue weighted by Gasteiger charge is -2.19. The Morgan fingerprint density at radius 2 is 2.62 bits per heavy atom. The maximum atomic E-state index is 11.2. The van der Waals surface area contributed by atoms with Crippen LogP contribution in [0, 0.1) is 0 Å². The van der Waals surface area contributed by atoms with E-state index in [4.69, 9.17) is 0 Å². The minimum absolute atomic E-state index is 0.00171. The van der Waals surface area contributed by atoms with Gasteiger partial charge < -0.3 is 5.32 Å². The van der Waals surface area contributed by atoms with Crippen LogP contribution in [0.5, 0.6) is 0 Å². The van der Waals surface area contributed by atoms with Crippen molar-refractivity contribution >= 4 is 26.5 Å². The van der Waals surface area contributed by atoms with Gasteiger partial charge in [-0.05, 0) is 28.9 Å². The number of likely N-dealkylation sites (N-methyl/N-ethyl adjacent to an activating group) is 1. The van der Waals surface area contributed by atoms with Gasteiger partial charge in [-0.15, -0.1) is 0 Å². The van der Waals surface area contributed by atoms with E-state index >= 15 is 0 Å². The first-order valence-corrected chi connectivity index (χ1v) is 4.94. The van der Waals surface area contributed by atoms with Crippen LogP contribution in [0.2, 0.25) is 0 Å². The summed E-state index contributed by atoms with van der Waals surface area (Å²) in [6.45, 7) is 3.56. The highest BCUT2D eigenvalue weighted by Crippen LogP contribution is 2.03. The van der Waals surface area contributed by atoms with Crippen LogP contribution < -0.4 is 5.32 Å². The molecule has 0 bridgehead atoms. The largest absolute Gasteiger partial charge is 0.355 e. The Morgan fingerprint density at radius 1 is 1.85 bits per heavy atom. The molecule has 1 aliphatic heterocycles. The number of hydrogen-bond donors (Lipinski definition) is 1. The van der Waals surface area contributed by atoms with Gasteiger partial charge in [0.2, 0.25) is 5.91 Å². The molecule has 0 aliphatic carbocycles. The van der Waals surface area contributed by atoms with E-state index in [9.17, 15) is 4.79 Å². The highest BCUT2D eigenvalue weighted by atomic mass is 79.9. The monoisotopic (exact) mass is 245 g/mol. The van der Waals surface area contributed by atoms with Crippen LogP contribution in [-0.2, 0) is 4.79 Å². The summed E-state index contributed by atoms with van der Waals surface area (Å²) >= 11 is 3.25. The van der Waals surface area contributed by atoms with Crippen molar-refractivity contribution in [1.29, 1.82) is 0 Å². The van der Waals surface area contributed by atoms with E-state index in [0.29, 0.717) is 19.6 Å². The summed E-state index contributed by atoms with van der Waals surface area (Å²) in [5, 5.41) is 8.55. The van der Waals surface area contributed by atoms with Crippen molar-refractivity contribution in [2.75, 3.05) is 19.6 Å². The molecule has 1 aliphatic rings. The molecule has 0 unspecified atom stereocenters. The van der Waals surface area contributed by atoms with Crippen LogP contribution in [0.1, 0.15) is 6.92 Å². The van der Waals surface area contributed by atoms with Gasteiger partial charge in [-0.2, -0.15) is 5.10 Å². The Labute approximate surface area is 85.8 Å². The van der Waals surface area contributed by atoms with Crippen molar-refractivity contribution in [3.8, 4) is 0 Å². The van der Waals surface area contributed by atoms with E-state index in [2.05, 4.69) is 26.3 Å². The third-order valence-corrected chi connectivity index (χ3v) is 1.93. The van der Waals surface area contributed by atoms with Crippen LogP contribution >= 0.6 is 15.9 Å². The Kier molecular flexibility index (Phi) is 3.95. The zero-order chi connectivity index (χ0) is 9.68. The summed E-state index contributed by atoms with van der Waals surface area (Å²) in [5.74, 6) is 0.00171. The van der Waals surface area contributed by atoms with Crippen LogP contribution in [0.25, 0.3) is 0 Å². The number of amides is 1. The van der Waals surface area contributed by atoms with Crippen LogP contribution in [0.4, 0.5) is 0 Å². The molecule has 0 saturated heterocycles. The smallest absolute Gasteiger partial charge is 0.241 e. The average Bonchev–Trinajstić information content (AvgIpc) is 2.04. The quantitative estimate of drug-likeness (QED) is 0.796. The van der Waals surface area contributed by atoms with Gasteiger partial charge in [0, 0.05) is 6.54 Å². The van der Waals surface area contributed by atoms with Crippen LogP contribution in [0.15, 0.2) is 17.3 Å². The molecular formula is C8H12BrN3O. The van der Waals surface area contributed by atoms with E-state index in [1.165, 1.54) is 0 Å². The summed E-state index contributed by atoms with van der Waals surface area (Å²) in [5.41, 5.74) is 0. The number of nitrogens with zero attached hydrogens (tertiary/aromatic N) is 2.